The summed E-state index contributed by atoms with van der Waals surface area (Å²) in [5.41, 5.74) is -0.630. The van der Waals surface area contributed by atoms with Gasteiger partial charge >= 0.3 is 0 Å². The molecule has 2 atom stereocenters. The third-order valence-electron chi connectivity index (χ3n) is 1.87. The molecule has 0 saturated carbocycles. The van der Waals surface area contributed by atoms with Gasteiger partial charge in [0.2, 0.25) is 0 Å². The van der Waals surface area contributed by atoms with E-state index in [4.69, 9.17) is 0 Å². The van der Waals surface area contributed by atoms with Crippen LogP contribution in [0.5, 0.6) is 0 Å². The minimum Gasteiger partial charge on any atom is -0.385 e. The molecule has 0 spiro atoms. The Bertz CT molecular complexity index is 163. The van der Waals surface area contributed by atoms with E-state index in [0.29, 0.717) is 0 Å². The van der Waals surface area contributed by atoms with E-state index >= 15 is 0 Å². The zero-order valence-electron chi connectivity index (χ0n) is 7.25. The third kappa shape index (κ3) is 4.30. The summed E-state index contributed by atoms with van der Waals surface area (Å²) in [6.45, 7) is 3.82. The second-order valence-electron chi connectivity index (χ2n) is 2.76. The summed E-state index contributed by atoms with van der Waals surface area (Å²) >= 11 is 0. The summed E-state index contributed by atoms with van der Waals surface area (Å²) < 4.78 is 0. The van der Waals surface area contributed by atoms with Crippen molar-refractivity contribution in [1.82, 2.24) is 0 Å². The van der Waals surface area contributed by atoms with Crippen LogP contribution >= 0.6 is 0 Å². The van der Waals surface area contributed by atoms with Gasteiger partial charge in [-0.15, -0.1) is 0 Å². The Labute approximate surface area is 114 Å². The van der Waals surface area contributed by atoms with Crippen molar-refractivity contribution in [3.8, 4) is 0 Å². The van der Waals surface area contributed by atoms with Crippen LogP contribution in [0.3, 0.4) is 0 Å². The van der Waals surface area contributed by atoms with Crippen molar-refractivity contribution in [2.24, 2.45) is 5.92 Å². The summed E-state index contributed by atoms with van der Waals surface area (Å²) in [6.07, 6.45) is 7.65. The van der Waals surface area contributed by atoms with E-state index in [1.807, 2.05) is 38.2 Å². The van der Waals surface area contributed by atoms with Gasteiger partial charge in [0.05, 0.1) is 5.60 Å². The molecule has 0 aromatic heterocycles. The molecular weight excluding hydrogens is 176 g/mol. The Kier molecular flexibility index (Phi) is 8.16. The summed E-state index contributed by atoms with van der Waals surface area (Å²) in [6, 6.07) is 0. The first-order chi connectivity index (χ1) is 4.13. The minimum absolute atomic E-state index is 0. The van der Waals surface area contributed by atoms with Crippen molar-refractivity contribution in [3.05, 3.63) is 24.3 Å². The first-order valence-corrected chi connectivity index (χ1v) is 3.21. The van der Waals surface area contributed by atoms with Gasteiger partial charge in [0, 0.05) is 66.7 Å². The predicted octanol–water partition coefficient (Wildman–Crippen LogP) is 0.738. The van der Waals surface area contributed by atoms with Crippen LogP contribution in [0.25, 0.3) is 0 Å². The number of rotatable bonds is 0. The quantitative estimate of drug-likeness (QED) is 0.556. The monoisotopic (exact) mass is 188 g/mol. The second-order valence-corrected chi connectivity index (χ2v) is 2.76. The molecule has 0 saturated heterocycles. The van der Waals surface area contributed by atoms with Crippen LogP contribution in [0.4, 0.5) is 0 Å². The van der Waals surface area contributed by atoms with Crippen LogP contribution in [0.2, 0.25) is 0 Å². The fourth-order valence-electron chi connectivity index (χ4n) is 0.828. The molecule has 0 aliphatic heterocycles. The molecule has 1 rings (SSSR count). The van der Waals surface area contributed by atoms with E-state index in [0.717, 1.165) is 0 Å². The molecule has 0 aromatic rings. The summed E-state index contributed by atoms with van der Waals surface area (Å²) in [5, 5.41) is 9.50. The molecule has 0 aromatic carbocycles. The van der Waals surface area contributed by atoms with Gasteiger partial charge in [-0.2, -0.15) is 0 Å². The van der Waals surface area contributed by atoms with Crippen molar-refractivity contribution in [1.29, 1.82) is 0 Å². The minimum atomic E-state index is -0.630. The van der Waals surface area contributed by atoms with Gasteiger partial charge in [-0.1, -0.05) is 31.2 Å². The molecule has 0 amide bonds. The molecule has 2 unspecified atom stereocenters. The van der Waals surface area contributed by atoms with Crippen molar-refractivity contribution in [2.45, 2.75) is 19.4 Å². The van der Waals surface area contributed by atoms with Crippen LogP contribution in [0.15, 0.2) is 24.3 Å². The van der Waals surface area contributed by atoms with Crippen molar-refractivity contribution in [2.75, 3.05) is 0 Å². The summed E-state index contributed by atoms with van der Waals surface area (Å²) in [5.74, 6) is 0.238. The summed E-state index contributed by atoms with van der Waals surface area (Å²) in [7, 11) is 0. The molecule has 1 nitrogen and oxygen atoms in total. The first-order valence-electron chi connectivity index (χ1n) is 3.21. The van der Waals surface area contributed by atoms with E-state index in [1.165, 1.54) is 0 Å². The number of hydrogen-bond acceptors (Lipinski definition) is 1. The number of allylic oxidation sites excluding steroid dienone is 2. The van der Waals surface area contributed by atoms with E-state index in [2.05, 4.69) is 0 Å². The van der Waals surface area contributed by atoms with Crippen LogP contribution < -0.4 is 0 Å². The van der Waals surface area contributed by atoms with Gasteiger partial charge < -0.3 is 5.11 Å². The van der Waals surface area contributed by atoms with Gasteiger partial charge in [-0.05, 0) is 6.92 Å². The maximum absolute atomic E-state index is 9.50. The third-order valence-corrected chi connectivity index (χ3v) is 1.87. The van der Waals surface area contributed by atoms with E-state index in [-0.39, 0.29) is 66.7 Å². The smallest absolute Gasteiger partial charge is 0.0862 e. The number of hydrogen-bond donors (Lipinski definition) is 1. The Morgan fingerprint density at radius 3 is 2.18 bits per heavy atom. The van der Waals surface area contributed by atoms with Gasteiger partial charge in [-0.3, -0.25) is 0 Å². The summed E-state index contributed by atoms with van der Waals surface area (Å²) in [4.78, 5) is 0. The molecule has 3 heteroatoms. The van der Waals surface area contributed by atoms with Gasteiger partial charge in [-0.25, -0.2) is 0 Å². The molecular formula is C8H12CaMgO. The Morgan fingerprint density at radius 1 is 1.36 bits per heavy atom. The average molecular weight is 189 g/mol. The number of aliphatic hydroxyl groups is 1. The molecule has 0 bridgehead atoms. The molecule has 1 aliphatic carbocycles. The normalized spacial score (nSPS) is 33.9. The van der Waals surface area contributed by atoms with Crippen LogP contribution in [0, 0.1) is 5.92 Å². The standard InChI is InChI=1S/C8H12O.Ca.Mg/c1-7-5-3-4-6-8(7,2)9;;/h3-7,9H,1-2H3;;. The maximum Gasteiger partial charge on any atom is 0.0862 e. The first kappa shape index (κ1) is 15.0. The van der Waals surface area contributed by atoms with E-state index in [1.54, 1.807) is 0 Å². The molecule has 1 aliphatic rings. The maximum atomic E-state index is 9.50. The van der Waals surface area contributed by atoms with Crippen LogP contribution in [-0.4, -0.2) is 71.5 Å². The van der Waals surface area contributed by atoms with Crippen molar-refractivity contribution >= 4 is 60.8 Å². The molecule has 4 radical (unpaired) electrons. The van der Waals surface area contributed by atoms with Gasteiger partial charge in [0.1, 0.15) is 0 Å². The molecule has 11 heavy (non-hydrogen) atoms. The predicted molar refractivity (Wildman–Crippen MR) is 49.6 cm³/mol. The van der Waals surface area contributed by atoms with Crippen molar-refractivity contribution in [3.63, 3.8) is 0 Å². The molecule has 54 valence electrons. The van der Waals surface area contributed by atoms with Gasteiger partial charge in [0.25, 0.3) is 0 Å². The molecule has 0 heterocycles. The zero-order chi connectivity index (χ0) is 6.91. The zero-order valence-corrected chi connectivity index (χ0v) is 10.9. The Hall–Kier alpha value is 1.47. The average Bonchev–Trinajstić information content (AvgIpc) is 1.77. The molecule has 1 N–H and O–H groups in total. The largest absolute Gasteiger partial charge is 0.385 e. The fraction of sp³-hybridized carbons (Fsp3) is 0.500. The Balaban J connectivity index is 0. The molecule has 0 fully saturated rings. The SMILES string of the molecule is CC1C=CC=CC1(C)O.[Ca].[Mg]. The van der Waals surface area contributed by atoms with E-state index < -0.39 is 5.60 Å². The van der Waals surface area contributed by atoms with Crippen molar-refractivity contribution < 1.29 is 5.11 Å². The fourth-order valence-corrected chi connectivity index (χ4v) is 0.828. The topological polar surface area (TPSA) is 20.2 Å². The van der Waals surface area contributed by atoms with E-state index in [9.17, 15) is 5.11 Å². The van der Waals surface area contributed by atoms with Crippen LogP contribution in [-0.2, 0) is 0 Å². The Morgan fingerprint density at radius 2 is 1.91 bits per heavy atom. The second kappa shape index (κ2) is 6.00. The van der Waals surface area contributed by atoms with Crippen LogP contribution in [0.1, 0.15) is 13.8 Å². The van der Waals surface area contributed by atoms with Gasteiger partial charge in [0.15, 0.2) is 0 Å².